The van der Waals surface area contributed by atoms with Gasteiger partial charge in [-0.15, -0.1) is 0 Å². The summed E-state index contributed by atoms with van der Waals surface area (Å²) >= 11 is 0. The summed E-state index contributed by atoms with van der Waals surface area (Å²) in [4.78, 5) is 19.6. The molecule has 4 saturated carbocycles. The number of fused-ring (bicyclic) bond motifs is 16. The third-order valence-corrected chi connectivity index (χ3v) is 15.7. The Morgan fingerprint density at radius 3 is 0.875 bits per heavy atom. The number of aromatic nitrogens is 4. The van der Waals surface area contributed by atoms with Gasteiger partial charge < -0.3 is 9.97 Å². The van der Waals surface area contributed by atoms with E-state index in [9.17, 15) is 0 Å². The Balaban J connectivity index is 1.19. The fourth-order valence-electron chi connectivity index (χ4n) is 13.8. The van der Waals surface area contributed by atoms with E-state index in [1.807, 2.05) is 0 Å². The van der Waals surface area contributed by atoms with E-state index in [2.05, 4.69) is 34.2 Å². The lowest BCUT2D eigenvalue weighted by Gasteiger charge is -2.38. The van der Waals surface area contributed by atoms with E-state index in [0.29, 0.717) is 47.3 Å². The molecule has 0 saturated heterocycles. The summed E-state index contributed by atoms with van der Waals surface area (Å²) in [6.07, 6.45) is 21.5. The second-order valence-electron chi connectivity index (χ2n) is 17.8. The molecular formula is C44H46N4. The maximum Gasteiger partial charge on any atom is 0.0697 e. The van der Waals surface area contributed by atoms with Crippen LogP contribution in [0.5, 0.6) is 0 Å². The third kappa shape index (κ3) is 3.34. The number of nitrogens with zero attached hydrogens (tertiary/aromatic N) is 2. The first kappa shape index (κ1) is 26.5. The molecule has 3 aromatic rings. The summed E-state index contributed by atoms with van der Waals surface area (Å²) in [5, 5.41) is 0. The number of hydrogen-bond donors (Lipinski definition) is 2. The van der Waals surface area contributed by atoms with Gasteiger partial charge in [-0.05, 0) is 219 Å². The second kappa shape index (κ2) is 9.23. The van der Waals surface area contributed by atoms with Gasteiger partial charge >= 0.3 is 0 Å². The van der Waals surface area contributed by atoms with Gasteiger partial charge in [0.05, 0.1) is 22.8 Å². The fourth-order valence-corrected chi connectivity index (χ4v) is 13.8. The van der Waals surface area contributed by atoms with Gasteiger partial charge in [0.25, 0.3) is 0 Å². The van der Waals surface area contributed by atoms with Crippen molar-refractivity contribution in [3.05, 3.63) is 69.3 Å². The van der Waals surface area contributed by atoms with E-state index < -0.39 is 0 Å². The zero-order valence-corrected chi connectivity index (χ0v) is 28.1. The summed E-state index contributed by atoms with van der Waals surface area (Å²) in [5.41, 5.74) is 23.7. The van der Waals surface area contributed by atoms with Crippen molar-refractivity contribution in [2.45, 2.75) is 126 Å². The number of nitrogens with one attached hydrogen (secondary N) is 2. The molecule has 48 heavy (non-hydrogen) atoms. The van der Waals surface area contributed by atoms with Crippen LogP contribution in [-0.2, 0) is 0 Å². The zero-order chi connectivity index (χ0) is 30.8. The second-order valence-corrected chi connectivity index (χ2v) is 17.8. The molecule has 14 aliphatic rings. The molecule has 2 aliphatic heterocycles. The van der Waals surface area contributed by atoms with Crippen molar-refractivity contribution in [1.82, 2.24) is 19.9 Å². The molecule has 17 rings (SSSR count). The highest BCUT2D eigenvalue weighted by Gasteiger charge is 2.44. The van der Waals surface area contributed by atoms with Crippen LogP contribution in [0.4, 0.5) is 0 Å². The van der Waals surface area contributed by atoms with Crippen LogP contribution >= 0.6 is 0 Å². The van der Waals surface area contributed by atoms with Gasteiger partial charge in [-0.3, -0.25) is 0 Å². The Kier molecular flexibility index (Phi) is 5.09. The minimum Gasteiger partial charge on any atom is -0.355 e. The molecule has 0 aromatic carbocycles. The first-order valence-corrected chi connectivity index (χ1v) is 20.0. The van der Waals surface area contributed by atoms with Gasteiger partial charge in [-0.1, -0.05) is 0 Å². The lowest BCUT2D eigenvalue weighted by Crippen LogP contribution is -2.24. The molecule has 16 bridgehead atoms. The SMILES string of the molecule is c1c2nc(cc3[nH]c(cc4[nH]c(cc5nc1C1=C5C5CCC1CC5)c1c4C4CCC1CC4)c1c3C3CCC1CC3)C1=C2C2CCC1CC2. The normalized spacial score (nSPS) is 34.8. The van der Waals surface area contributed by atoms with Crippen molar-refractivity contribution < 1.29 is 0 Å². The van der Waals surface area contributed by atoms with Crippen molar-refractivity contribution >= 4 is 44.4 Å². The standard InChI is InChI=1S/C44H46N4/c1-2-22-4-3-21(1)37-29-17-31-39-23-5-7-25(8-6-23)41(39)33(46-31)19-35-43-27-13-15-28(16-14-27)44(43)36(48-35)20-34-42-26-11-9-24(10-12-26)40(42)32(47-34)18-30(45-29)38(22)37/h17-28,45-46H,1-16H2. The smallest absolute Gasteiger partial charge is 0.0697 e. The largest absolute Gasteiger partial charge is 0.355 e. The molecule has 2 N–H and O–H groups in total. The van der Waals surface area contributed by atoms with Crippen LogP contribution in [0.25, 0.3) is 44.4 Å². The quantitative estimate of drug-likeness (QED) is 0.260. The molecule has 4 heteroatoms. The van der Waals surface area contributed by atoms with Gasteiger partial charge in [0, 0.05) is 22.1 Å². The Bertz CT molecular complexity index is 2040. The van der Waals surface area contributed by atoms with Crippen LogP contribution in [0.3, 0.4) is 0 Å². The highest BCUT2D eigenvalue weighted by Crippen LogP contribution is 2.59. The minimum absolute atomic E-state index is 0.665. The number of H-pyrrole nitrogens is 2. The van der Waals surface area contributed by atoms with Crippen molar-refractivity contribution in [3.8, 4) is 0 Å². The van der Waals surface area contributed by atoms with Crippen LogP contribution in [0.2, 0.25) is 0 Å². The maximum absolute atomic E-state index is 5.66. The molecule has 12 aliphatic carbocycles. The van der Waals surface area contributed by atoms with E-state index >= 15 is 0 Å². The molecule has 0 spiro atoms. The molecule has 0 radical (unpaired) electrons. The Labute approximate surface area is 283 Å². The molecule has 4 nitrogen and oxygen atoms in total. The predicted molar refractivity (Wildman–Crippen MR) is 193 cm³/mol. The van der Waals surface area contributed by atoms with Gasteiger partial charge in [0.15, 0.2) is 0 Å². The molecule has 0 unspecified atom stereocenters. The van der Waals surface area contributed by atoms with Crippen molar-refractivity contribution in [2.75, 3.05) is 0 Å². The van der Waals surface area contributed by atoms with Crippen LogP contribution in [0.1, 0.15) is 171 Å². The van der Waals surface area contributed by atoms with Crippen LogP contribution in [-0.4, -0.2) is 19.9 Å². The molecule has 242 valence electrons. The average Bonchev–Trinajstić information content (AvgIpc) is 3.92. The van der Waals surface area contributed by atoms with E-state index in [-0.39, 0.29) is 0 Å². The lowest BCUT2D eigenvalue weighted by atomic mass is 9.65. The first-order chi connectivity index (χ1) is 23.7. The third-order valence-electron chi connectivity index (χ3n) is 15.7. The topological polar surface area (TPSA) is 57.4 Å². The predicted octanol–water partition coefficient (Wildman–Crippen LogP) is 11.3. The summed E-state index contributed by atoms with van der Waals surface area (Å²) in [6, 6.07) is 10.1. The number of hydrogen-bond acceptors (Lipinski definition) is 2. The average molecular weight is 631 g/mol. The number of rotatable bonds is 0. The van der Waals surface area contributed by atoms with E-state index in [1.54, 1.807) is 44.5 Å². The zero-order valence-electron chi connectivity index (χ0n) is 28.1. The Hall–Kier alpha value is -3.40. The van der Waals surface area contributed by atoms with Crippen LogP contribution in [0.15, 0.2) is 24.3 Å². The highest BCUT2D eigenvalue weighted by atomic mass is 14.8. The molecule has 5 heterocycles. The summed E-state index contributed by atoms with van der Waals surface area (Å²) in [5.74, 6) is 5.44. The van der Waals surface area contributed by atoms with Crippen LogP contribution < -0.4 is 0 Å². The van der Waals surface area contributed by atoms with E-state index in [1.165, 1.54) is 148 Å². The Morgan fingerprint density at radius 1 is 0.312 bits per heavy atom. The first-order valence-electron chi connectivity index (χ1n) is 20.0. The summed E-state index contributed by atoms with van der Waals surface area (Å²) in [6.45, 7) is 0. The number of aromatic amines is 2. The summed E-state index contributed by atoms with van der Waals surface area (Å²) in [7, 11) is 0. The van der Waals surface area contributed by atoms with Crippen molar-refractivity contribution in [3.63, 3.8) is 0 Å². The van der Waals surface area contributed by atoms with Crippen molar-refractivity contribution in [2.24, 2.45) is 23.7 Å². The molecule has 0 atom stereocenters. The molecule has 4 fully saturated rings. The minimum atomic E-state index is 0.665. The Morgan fingerprint density at radius 2 is 0.562 bits per heavy atom. The summed E-state index contributed by atoms with van der Waals surface area (Å²) < 4.78 is 0. The van der Waals surface area contributed by atoms with Gasteiger partial charge in [0.1, 0.15) is 0 Å². The van der Waals surface area contributed by atoms with Crippen LogP contribution in [0, 0.1) is 23.7 Å². The van der Waals surface area contributed by atoms with Gasteiger partial charge in [-0.25, -0.2) is 9.97 Å². The molecule has 3 aromatic heterocycles. The highest BCUT2D eigenvalue weighted by molar-refractivity contribution is 5.99. The van der Waals surface area contributed by atoms with Gasteiger partial charge in [-0.2, -0.15) is 0 Å². The van der Waals surface area contributed by atoms with Gasteiger partial charge in [0.2, 0.25) is 0 Å². The van der Waals surface area contributed by atoms with E-state index in [0.717, 1.165) is 0 Å². The lowest BCUT2D eigenvalue weighted by molar-refractivity contribution is 0.352. The molecule has 0 amide bonds. The monoisotopic (exact) mass is 630 g/mol. The van der Waals surface area contributed by atoms with E-state index in [4.69, 9.17) is 9.97 Å². The fraction of sp³-hybridized carbons (Fsp3) is 0.545. The number of allylic oxidation sites excluding steroid dienone is 4. The maximum atomic E-state index is 5.66. The van der Waals surface area contributed by atoms with Crippen molar-refractivity contribution in [1.29, 1.82) is 0 Å². The molecular weight excluding hydrogens is 585 g/mol.